The van der Waals surface area contributed by atoms with Gasteiger partial charge in [0.1, 0.15) is 24.2 Å². The van der Waals surface area contributed by atoms with Gasteiger partial charge < -0.3 is 9.47 Å². The molecule has 0 spiro atoms. The minimum Gasteiger partial charge on any atom is -0.459 e. The standard InChI is InChI=1S/C22H35FO4/c1-16(2)8-10-20(25)17(3)7-6-13-22(5)21(27-18(4)24)11-9-19(12-14-23)15-26-22/h8,12,17,21H,6-7,9-11,13-15H2,1-5H3/b19-12+/t17?,21-,22?/m1/s1. The van der Waals surface area contributed by atoms with Crippen molar-refractivity contribution in [2.75, 3.05) is 13.3 Å². The molecule has 1 rings (SSSR count). The largest absolute Gasteiger partial charge is 0.459 e. The molecule has 0 amide bonds. The number of Topliss-reactive ketones (excluding diaryl/α,β-unsaturated/α-hetero) is 1. The fourth-order valence-corrected chi connectivity index (χ4v) is 3.36. The summed E-state index contributed by atoms with van der Waals surface area (Å²) in [6.45, 7) is 9.13. The first kappa shape index (κ1) is 23.5. The van der Waals surface area contributed by atoms with Gasteiger partial charge in [0.2, 0.25) is 0 Å². The molecule has 0 aromatic carbocycles. The Labute approximate surface area is 163 Å². The van der Waals surface area contributed by atoms with Crippen LogP contribution < -0.4 is 0 Å². The summed E-state index contributed by atoms with van der Waals surface area (Å²) in [6.07, 6.45) is 7.17. The van der Waals surface area contributed by atoms with Gasteiger partial charge in [0, 0.05) is 19.3 Å². The summed E-state index contributed by atoms with van der Waals surface area (Å²) >= 11 is 0. The molecule has 27 heavy (non-hydrogen) atoms. The first-order chi connectivity index (χ1) is 12.7. The normalized spacial score (nSPS) is 25.6. The minimum atomic E-state index is -0.625. The van der Waals surface area contributed by atoms with Crippen LogP contribution in [0.4, 0.5) is 4.39 Å². The fourth-order valence-electron chi connectivity index (χ4n) is 3.36. The van der Waals surface area contributed by atoms with Gasteiger partial charge in [0.15, 0.2) is 0 Å². The van der Waals surface area contributed by atoms with E-state index < -0.39 is 12.3 Å². The van der Waals surface area contributed by atoms with Crippen molar-refractivity contribution in [2.24, 2.45) is 5.92 Å². The molecule has 3 atom stereocenters. The molecule has 1 aliphatic rings. The maximum Gasteiger partial charge on any atom is 0.303 e. The van der Waals surface area contributed by atoms with Crippen molar-refractivity contribution in [3.8, 4) is 0 Å². The number of carbonyl (C=O) groups excluding carboxylic acids is 2. The Kier molecular flexibility index (Phi) is 9.92. The van der Waals surface area contributed by atoms with Crippen molar-refractivity contribution in [2.45, 2.75) is 84.8 Å². The SMILES string of the molecule is CC(=O)O[C@@H]1CC/C(=C\CF)COC1(C)CCCC(C)C(=O)CC=C(C)C. The lowest BCUT2D eigenvalue weighted by atomic mass is 9.87. The van der Waals surface area contributed by atoms with E-state index in [-0.39, 0.29) is 23.8 Å². The van der Waals surface area contributed by atoms with Gasteiger partial charge in [-0.05, 0) is 58.4 Å². The van der Waals surface area contributed by atoms with Crippen LogP contribution in [0.1, 0.15) is 73.1 Å². The fraction of sp³-hybridized carbons (Fsp3) is 0.727. The lowest BCUT2D eigenvalue weighted by molar-refractivity contribution is -0.167. The zero-order valence-corrected chi connectivity index (χ0v) is 17.5. The summed E-state index contributed by atoms with van der Waals surface area (Å²) in [7, 11) is 0. The number of hydrogen-bond acceptors (Lipinski definition) is 4. The Morgan fingerprint density at radius 3 is 2.67 bits per heavy atom. The lowest BCUT2D eigenvalue weighted by Crippen LogP contribution is -2.43. The average molecular weight is 383 g/mol. The first-order valence-corrected chi connectivity index (χ1v) is 9.89. The quantitative estimate of drug-likeness (QED) is 0.410. The van der Waals surface area contributed by atoms with Crippen LogP contribution in [0.2, 0.25) is 0 Å². The van der Waals surface area contributed by atoms with Gasteiger partial charge in [-0.3, -0.25) is 9.59 Å². The Morgan fingerprint density at radius 1 is 1.37 bits per heavy atom. The van der Waals surface area contributed by atoms with Gasteiger partial charge >= 0.3 is 5.97 Å². The molecular formula is C22H35FO4. The second-order valence-corrected chi connectivity index (χ2v) is 8.00. The second kappa shape index (κ2) is 11.4. The Bertz CT molecular complexity index is 563. The van der Waals surface area contributed by atoms with E-state index in [1.165, 1.54) is 6.92 Å². The van der Waals surface area contributed by atoms with Gasteiger partial charge in [0.25, 0.3) is 0 Å². The third-order valence-corrected chi connectivity index (χ3v) is 5.24. The third kappa shape index (κ3) is 8.37. The lowest BCUT2D eigenvalue weighted by Gasteiger charge is -2.35. The monoisotopic (exact) mass is 382 g/mol. The highest BCUT2D eigenvalue weighted by atomic mass is 19.1. The van der Waals surface area contributed by atoms with Gasteiger partial charge in [-0.2, -0.15) is 0 Å². The topological polar surface area (TPSA) is 52.6 Å². The highest BCUT2D eigenvalue weighted by Gasteiger charge is 2.39. The second-order valence-electron chi connectivity index (χ2n) is 8.00. The molecule has 1 fully saturated rings. The smallest absolute Gasteiger partial charge is 0.303 e. The number of carbonyl (C=O) groups is 2. The predicted octanol–water partition coefficient (Wildman–Crippen LogP) is 5.11. The molecule has 0 N–H and O–H groups in total. The van der Waals surface area contributed by atoms with E-state index in [0.29, 0.717) is 32.3 Å². The minimum absolute atomic E-state index is 0.0100. The molecule has 0 aliphatic carbocycles. The summed E-state index contributed by atoms with van der Waals surface area (Å²) in [4.78, 5) is 23.7. The van der Waals surface area contributed by atoms with Gasteiger partial charge in [0.05, 0.1) is 6.61 Å². The van der Waals surface area contributed by atoms with E-state index in [1.807, 2.05) is 33.8 Å². The van der Waals surface area contributed by atoms with Crippen LogP contribution in [-0.2, 0) is 19.1 Å². The number of esters is 1. The molecule has 5 heteroatoms. The van der Waals surface area contributed by atoms with Crippen molar-refractivity contribution in [1.29, 1.82) is 0 Å². The molecule has 0 bridgehead atoms. The van der Waals surface area contributed by atoms with Crippen molar-refractivity contribution in [1.82, 2.24) is 0 Å². The molecule has 1 aliphatic heterocycles. The van der Waals surface area contributed by atoms with Crippen LogP contribution >= 0.6 is 0 Å². The third-order valence-electron chi connectivity index (χ3n) is 5.24. The molecule has 1 heterocycles. The molecule has 1 saturated heterocycles. The van der Waals surface area contributed by atoms with Crippen LogP contribution in [0.5, 0.6) is 0 Å². The predicted molar refractivity (Wildman–Crippen MR) is 105 cm³/mol. The van der Waals surface area contributed by atoms with Gasteiger partial charge in [-0.1, -0.05) is 24.6 Å². The van der Waals surface area contributed by atoms with Crippen molar-refractivity contribution in [3.63, 3.8) is 0 Å². The number of alkyl halides is 1. The Balaban J connectivity index is 2.68. The number of ketones is 1. The van der Waals surface area contributed by atoms with Crippen LogP contribution in [-0.4, -0.2) is 36.7 Å². The molecule has 154 valence electrons. The zero-order chi connectivity index (χ0) is 20.4. The van der Waals surface area contributed by atoms with Gasteiger partial charge in [-0.25, -0.2) is 4.39 Å². The van der Waals surface area contributed by atoms with E-state index in [4.69, 9.17) is 9.47 Å². The first-order valence-electron chi connectivity index (χ1n) is 9.89. The van der Waals surface area contributed by atoms with Crippen molar-refractivity contribution >= 4 is 11.8 Å². The number of ether oxygens (including phenoxy) is 2. The summed E-state index contributed by atoms with van der Waals surface area (Å²) in [5, 5.41) is 0. The molecule has 0 aromatic heterocycles. The van der Waals surface area contributed by atoms with Crippen LogP contribution in [0.25, 0.3) is 0 Å². The van der Waals surface area contributed by atoms with Crippen LogP contribution in [0.3, 0.4) is 0 Å². The number of halogens is 1. The molecule has 4 nitrogen and oxygen atoms in total. The number of rotatable bonds is 9. The Hall–Kier alpha value is -1.49. The molecule has 2 unspecified atom stereocenters. The molecular weight excluding hydrogens is 347 g/mol. The molecule has 0 aromatic rings. The summed E-state index contributed by atoms with van der Waals surface area (Å²) < 4.78 is 24.2. The molecule has 0 saturated carbocycles. The highest BCUT2D eigenvalue weighted by molar-refractivity contribution is 5.82. The van der Waals surface area contributed by atoms with Crippen molar-refractivity contribution in [3.05, 3.63) is 23.3 Å². The summed E-state index contributed by atoms with van der Waals surface area (Å²) in [5.41, 5.74) is 1.43. The van der Waals surface area contributed by atoms with Gasteiger partial charge in [-0.15, -0.1) is 0 Å². The van der Waals surface area contributed by atoms with Crippen LogP contribution in [0, 0.1) is 5.92 Å². The maximum absolute atomic E-state index is 12.6. The van der Waals surface area contributed by atoms with Crippen LogP contribution in [0.15, 0.2) is 23.3 Å². The van der Waals surface area contributed by atoms with E-state index in [0.717, 1.165) is 24.0 Å². The average Bonchev–Trinajstić information content (AvgIpc) is 2.73. The summed E-state index contributed by atoms with van der Waals surface area (Å²) in [6, 6.07) is 0. The number of allylic oxidation sites excluding steroid dienone is 3. The summed E-state index contributed by atoms with van der Waals surface area (Å²) in [5.74, 6) is -0.102. The van der Waals surface area contributed by atoms with E-state index in [2.05, 4.69) is 0 Å². The highest BCUT2D eigenvalue weighted by Crippen LogP contribution is 2.34. The molecule has 0 radical (unpaired) electrons. The Morgan fingerprint density at radius 2 is 2.07 bits per heavy atom. The van der Waals surface area contributed by atoms with Crippen molar-refractivity contribution < 1.29 is 23.5 Å². The van der Waals surface area contributed by atoms with E-state index in [1.54, 1.807) is 6.08 Å². The maximum atomic E-state index is 12.6. The van der Waals surface area contributed by atoms with E-state index in [9.17, 15) is 14.0 Å². The zero-order valence-electron chi connectivity index (χ0n) is 17.5. The number of hydrogen-bond donors (Lipinski definition) is 0. The van der Waals surface area contributed by atoms with E-state index >= 15 is 0 Å².